The molecule has 1 atom stereocenters. The van der Waals surface area contributed by atoms with E-state index in [2.05, 4.69) is 16.8 Å². The number of allylic oxidation sites excluding steroid dienone is 1. The first-order chi connectivity index (χ1) is 5.75. The highest BCUT2D eigenvalue weighted by Crippen LogP contribution is 2.08. The maximum atomic E-state index is 10.6. The van der Waals surface area contributed by atoms with Gasteiger partial charge in [-0.2, -0.15) is 15.0 Å². The molecule has 0 fully saturated rings. The summed E-state index contributed by atoms with van der Waals surface area (Å²) in [6.45, 7) is 3.46. The van der Waals surface area contributed by atoms with E-state index < -0.39 is 12.0 Å². The van der Waals surface area contributed by atoms with E-state index in [9.17, 15) is 4.79 Å². The first-order valence-electron chi connectivity index (χ1n) is 3.45. The van der Waals surface area contributed by atoms with Crippen molar-refractivity contribution in [3.05, 3.63) is 25.0 Å². The van der Waals surface area contributed by atoms with Gasteiger partial charge in [-0.3, -0.25) is 0 Å². The highest BCUT2D eigenvalue weighted by molar-refractivity contribution is 5.71. The summed E-state index contributed by atoms with van der Waals surface area (Å²) in [4.78, 5) is 11.8. The Balaban J connectivity index is 2.80. The summed E-state index contributed by atoms with van der Waals surface area (Å²) in [6.07, 6.45) is 4.74. The summed E-state index contributed by atoms with van der Waals surface area (Å²) in [6, 6.07) is -0.738. The predicted octanol–water partition coefficient (Wildman–Crippen LogP) is 0.480. The molecular weight excluding hydrogens is 158 g/mol. The zero-order valence-electron chi connectivity index (χ0n) is 6.42. The summed E-state index contributed by atoms with van der Waals surface area (Å²) in [5, 5.41) is 16.2. The molecule has 0 spiro atoms. The van der Waals surface area contributed by atoms with E-state index in [1.807, 2.05) is 0 Å². The summed E-state index contributed by atoms with van der Waals surface area (Å²) >= 11 is 0. The third-order valence-corrected chi connectivity index (χ3v) is 1.39. The van der Waals surface area contributed by atoms with E-state index in [4.69, 9.17) is 5.11 Å². The fourth-order valence-electron chi connectivity index (χ4n) is 0.839. The van der Waals surface area contributed by atoms with Gasteiger partial charge in [0.2, 0.25) is 0 Å². The topological polar surface area (TPSA) is 68.0 Å². The van der Waals surface area contributed by atoms with Crippen LogP contribution in [0.15, 0.2) is 25.0 Å². The van der Waals surface area contributed by atoms with Crippen molar-refractivity contribution < 1.29 is 9.90 Å². The van der Waals surface area contributed by atoms with Crippen molar-refractivity contribution in [3.8, 4) is 0 Å². The van der Waals surface area contributed by atoms with Gasteiger partial charge in [0.25, 0.3) is 0 Å². The van der Waals surface area contributed by atoms with Crippen LogP contribution in [0.1, 0.15) is 12.5 Å². The van der Waals surface area contributed by atoms with Gasteiger partial charge in [0.1, 0.15) is 0 Å². The van der Waals surface area contributed by atoms with E-state index in [0.29, 0.717) is 6.42 Å². The number of carbonyl (C=O) groups is 1. The van der Waals surface area contributed by atoms with Crippen molar-refractivity contribution in [3.63, 3.8) is 0 Å². The van der Waals surface area contributed by atoms with Gasteiger partial charge >= 0.3 is 5.97 Å². The lowest BCUT2D eigenvalue weighted by Crippen LogP contribution is -2.20. The molecule has 0 aromatic carbocycles. The van der Waals surface area contributed by atoms with Crippen molar-refractivity contribution >= 4 is 5.97 Å². The maximum Gasteiger partial charge on any atom is 0.330 e. The third kappa shape index (κ3) is 1.69. The standard InChI is InChI=1S/C7H9N3O2/c1-2-3-6(7(11)12)10-8-4-5-9-10/h2,4-6H,1,3H2,(H,11,12). The second-order valence-electron chi connectivity index (χ2n) is 2.23. The van der Waals surface area contributed by atoms with Crippen molar-refractivity contribution in [1.29, 1.82) is 0 Å². The number of rotatable bonds is 4. The Bertz CT molecular complexity index is 268. The molecule has 0 saturated carbocycles. The molecule has 1 aromatic heterocycles. The molecule has 0 saturated heterocycles. The predicted molar refractivity (Wildman–Crippen MR) is 41.5 cm³/mol. The van der Waals surface area contributed by atoms with Crippen molar-refractivity contribution in [2.24, 2.45) is 0 Å². The van der Waals surface area contributed by atoms with Crippen molar-refractivity contribution in [2.45, 2.75) is 12.5 Å². The van der Waals surface area contributed by atoms with E-state index in [0.717, 1.165) is 4.80 Å². The van der Waals surface area contributed by atoms with Gasteiger partial charge in [0, 0.05) is 6.42 Å². The number of nitrogens with zero attached hydrogens (tertiary/aromatic N) is 3. The number of hydrogen-bond donors (Lipinski definition) is 1. The molecule has 0 bridgehead atoms. The van der Waals surface area contributed by atoms with Gasteiger partial charge in [-0.05, 0) is 0 Å². The first kappa shape index (κ1) is 8.45. The van der Waals surface area contributed by atoms with Gasteiger partial charge < -0.3 is 5.11 Å². The van der Waals surface area contributed by atoms with E-state index in [1.165, 1.54) is 18.5 Å². The molecule has 0 amide bonds. The van der Waals surface area contributed by atoms with Crippen LogP contribution in [0, 0.1) is 0 Å². The van der Waals surface area contributed by atoms with E-state index in [1.54, 1.807) is 0 Å². The van der Waals surface area contributed by atoms with Crippen LogP contribution in [0.5, 0.6) is 0 Å². The molecule has 1 rings (SSSR count). The number of carboxylic acids is 1. The molecule has 1 aromatic rings. The molecule has 12 heavy (non-hydrogen) atoms. The fraction of sp³-hybridized carbons (Fsp3) is 0.286. The average Bonchev–Trinajstić information content (AvgIpc) is 2.51. The minimum absolute atomic E-state index is 0.323. The second-order valence-corrected chi connectivity index (χ2v) is 2.23. The maximum absolute atomic E-state index is 10.6. The van der Waals surface area contributed by atoms with Crippen molar-refractivity contribution in [2.75, 3.05) is 0 Å². The van der Waals surface area contributed by atoms with Crippen LogP contribution in [0.3, 0.4) is 0 Å². The second kappa shape index (κ2) is 3.66. The summed E-state index contributed by atoms with van der Waals surface area (Å²) in [5.41, 5.74) is 0. The largest absolute Gasteiger partial charge is 0.480 e. The number of aromatic nitrogens is 3. The van der Waals surface area contributed by atoms with Crippen LogP contribution in [-0.4, -0.2) is 26.1 Å². The summed E-state index contributed by atoms with van der Waals surface area (Å²) in [7, 11) is 0. The zero-order valence-corrected chi connectivity index (χ0v) is 6.42. The Morgan fingerprint density at radius 3 is 2.67 bits per heavy atom. The van der Waals surface area contributed by atoms with E-state index in [-0.39, 0.29) is 0 Å². The quantitative estimate of drug-likeness (QED) is 0.662. The van der Waals surface area contributed by atoms with E-state index >= 15 is 0 Å². The molecule has 0 aliphatic rings. The zero-order chi connectivity index (χ0) is 8.97. The van der Waals surface area contributed by atoms with Crippen LogP contribution in [0.2, 0.25) is 0 Å². The normalized spacial score (nSPS) is 12.3. The van der Waals surface area contributed by atoms with Crippen LogP contribution in [-0.2, 0) is 4.79 Å². The van der Waals surface area contributed by atoms with Gasteiger partial charge in [-0.25, -0.2) is 4.79 Å². The minimum atomic E-state index is -0.953. The van der Waals surface area contributed by atoms with Gasteiger partial charge in [-0.1, -0.05) is 6.08 Å². The highest BCUT2D eigenvalue weighted by Gasteiger charge is 2.18. The molecule has 1 heterocycles. The molecule has 64 valence electrons. The molecule has 1 unspecified atom stereocenters. The summed E-state index contributed by atoms with van der Waals surface area (Å²) < 4.78 is 0. The van der Waals surface area contributed by atoms with Crippen LogP contribution in [0.25, 0.3) is 0 Å². The molecule has 0 aliphatic carbocycles. The fourth-order valence-corrected chi connectivity index (χ4v) is 0.839. The lowest BCUT2D eigenvalue weighted by atomic mass is 10.2. The molecule has 5 heteroatoms. The number of carboxylic acid groups (broad SMARTS) is 1. The van der Waals surface area contributed by atoms with Crippen LogP contribution in [0.4, 0.5) is 0 Å². The number of aliphatic carboxylic acids is 1. The monoisotopic (exact) mass is 167 g/mol. The Labute approximate surface area is 69.3 Å². The molecule has 5 nitrogen and oxygen atoms in total. The Morgan fingerprint density at radius 1 is 1.67 bits per heavy atom. The van der Waals surface area contributed by atoms with Gasteiger partial charge in [-0.15, -0.1) is 6.58 Å². The summed E-state index contributed by atoms with van der Waals surface area (Å²) in [5.74, 6) is -0.953. The van der Waals surface area contributed by atoms with Crippen LogP contribution < -0.4 is 0 Å². The smallest absolute Gasteiger partial charge is 0.330 e. The SMILES string of the molecule is C=CCC(C(=O)O)n1nccn1. The highest BCUT2D eigenvalue weighted by atomic mass is 16.4. The molecule has 1 N–H and O–H groups in total. The number of hydrogen-bond acceptors (Lipinski definition) is 3. The third-order valence-electron chi connectivity index (χ3n) is 1.39. The minimum Gasteiger partial charge on any atom is -0.480 e. The molecular formula is C7H9N3O2. The molecule has 0 aliphatic heterocycles. The van der Waals surface area contributed by atoms with Crippen LogP contribution >= 0.6 is 0 Å². The van der Waals surface area contributed by atoms with Gasteiger partial charge in [0.05, 0.1) is 12.4 Å². The van der Waals surface area contributed by atoms with Crippen molar-refractivity contribution in [1.82, 2.24) is 15.0 Å². The average molecular weight is 167 g/mol. The Kier molecular flexibility index (Phi) is 2.57. The molecule has 0 radical (unpaired) electrons. The lowest BCUT2D eigenvalue weighted by molar-refractivity contribution is -0.141. The lowest BCUT2D eigenvalue weighted by Gasteiger charge is -2.07. The van der Waals surface area contributed by atoms with Gasteiger partial charge in [0.15, 0.2) is 6.04 Å². The Hall–Kier alpha value is -1.65. The Morgan fingerprint density at radius 2 is 2.25 bits per heavy atom. The first-order valence-corrected chi connectivity index (χ1v) is 3.45.